The summed E-state index contributed by atoms with van der Waals surface area (Å²) < 4.78 is 27.7. The molecule has 0 aliphatic rings. The third-order valence-corrected chi connectivity index (χ3v) is 5.29. The zero-order valence-electron chi connectivity index (χ0n) is 13.1. The third kappa shape index (κ3) is 4.03. The molecule has 6 heteroatoms. The highest BCUT2D eigenvalue weighted by Gasteiger charge is 2.16. The highest BCUT2D eigenvalue weighted by molar-refractivity contribution is 7.89. The Balaban J connectivity index is 2.07. The van der Waals surface area contributed by atoms with Crippen molar-refractivity contribution in [2.45, 2.75) is 25.2 Å². The van der Waals surface area contributed by atoms with Crippen molar-refractivity contribution in [2.75, 3.05) is 26.2 Å². The van der Waals surface area contributed by atoms with Crippen molar-refractivity contribution in [3.8, 4) is 0 Å². The van der Waals surface area contributed by atoms with Gasteiger partial charge in [0.25, 0.3) is 0 Å². The summed E-state index contributed by atoms with van der Waals surface area (Å²) in [7, 11) is -3.49. The van der Waals surface area contributed by atoms with Crippen LogP contribution in [0.1, 0.15) is 20.3 Å². The Morgan fingerprint density at radius 3 is 2.68 bits per heavy atom. The van der Waals surface area contributed by atoms with Crippen LogP contribution in [0.25, 0.3) is 10.8 Å². The van der Waals surface area contributed by atoms with Crippen LogP contribution in [0.15, 0.2) is 41.6 Å². The van der Waals surface area contributed by atoms with E-state index in [1.807, 2.05) is 6.07 Å². The molecule has 2 rings (SSSR count). The summed E-state index contributed by atoms with van der Waals surface area (Å²) in [6.07, 6.45) is 4.09. The molecule has 2 aromatic rings. The smallest absolute Gasteiger partial charge is 0.241 e. The van der Waals surface area contributed by atoms with Crippen LogP contribution in [0.2, 0.25) is 0 Å². The number of pyridine rings is 1. The summed E-state index contributed by atoms with van der Waals surface area (Å²) >= 11 is 0. The van der Waals surface area contributed by atoms with Gasteiger partial charge >= 0.3 is 0 Å². The Bertz CT molecular complexity index is 707. The number of rotatable bonds is 8. The van der Waals surface area contributed by atoms with Gasteiger partial charge in [-0.25, -0.2) is 13.1 Å². The number of sulfonamides is 1. The van der Waals surface area contributed by atoms with Gasteiger partial charge in [-0.2, -0.15) is 0 Å². The molecule has 0 saturated heterocycles. The predicted molar refractivity (Wildman–Crippen MR) is 89.3 cm³/mol. The Labute approximate surface area is 132 Å². The van der Waals surface area contributed by atoms with Gasteiger partial charge in [-0.1, -0.05) is 26.0 Å². The second-order valence-corrected chi connectivity index (χ2v) is 6.87. The van der Waals surface area contributed by atoms with Crippen LogP contribution in [0, 0.1) is 0 Å². The average molecular weight is 321 g/mol. The standard InChI is InChI=1S/C16H23N3O2S/c1-3-19(4-2)12-6-10-18-22(20,21)16-8-5-7-14-13-17-11-9-15(14)16/h5,7-9,11,13,18H,3-4,6,10,12H2,1-2H3. The minimum atomic E-state index is -3.49. The molecule has 1 N–H and O–H groups in total. The van der Waals surface area contributed by atoms with E-state index in [4.69, 9.17) is 0 Å². The Morgan fingerprint density at radius 2 is 1.95 bits per heavy atom. The van der Waals surface area contributed by atoms with Crippen molar-refractivity contribution in [2.24, 2.45) is 0 Å². The molecule has 0 aliphatic carbocycles. The third-order valence-electron chi connectivity index (χ3n) is 3.77. The molecule has 1 aromatic heterocycles. The number of benzene rings is 1. The summed E-state index contributed by atoms with van der Waals surface area (Å²) in [5, 5.41) is 1.53. The van der Waals surface area contributed by atoms with Crippen LogP contribution in [-0.2, 0) is 10.0 Å². The summed E-state index contributed by atoms with van der Waals surface area (Å²) in [6.45, 7) is 7.53. The fraction of sp³-hybridized carbons (Fsp3) is 0.438. The topological polar surface area (TPSA) is 62.3 Å². The van der Waals surface area contributed by atoms with Crippen molar-refractivity contribution in [3.05, 3.63) is 36.7 Å². The number of nitrogens with zero attached hydrogens (tertiary/aromatic N) is 2. The molecule has 0 spiro atoms. The summed E-state index contributed by atoms with van der Waals surface area (Å²) in [5.41, 5.74) is 0. The second-order valence-electron chi connectivity index (χ2n) is 5.13. The molecule has 0 radical (unpaired) electrons. The normalized spacial score (nSPS) is 12.1. The van der Waals surface area contributed by atoms with Gasteiger partial charge in [-0.05, 0) is 38.2 Å². The van der Waals surface area contributed by atoms with Crippen molar-refractivity contribution < 1.29 is 8.42 Å². The molecule has 0 aliphatic heterocycles. The maximum Gasteiger partial charge on any atom is 0.241 e. The summed E-state index contributed by atoms with van der Waals surface area (Å²) in [5.74, 6) is 0. The monoisotopic (exact) mass is 321 g/mol. The number of hydrogen-bond donors (Lipinski definition) is 1. The van der Waals surface area contributed by atoms with E-state index in [-0.39, 0.29) is 0 Å². The number of nitrogens with one attached hydrogen (secondary N) is 1. The highest BCUT2D eigenvalue weighted by atomic mass is 32.2. The SMILES string of the molecule is CCN(CC)CCCNS(=O)(=O)c1cccc2cnccc12. The lowest BCUT2D eigenvalue weighted by Gasteiger charge is -2.17. The van der Waals surface area contributed by atoms with Crippen molar-refractivity contribution in [1.29, 1.82) is 0 Å². The largest absolute Gasteiger partial charge is 0.304 e. The minimum Gasteiger partial charge on any atom is -0.304 e. The quantitative estimate of drug-likeness (QED) is 0.758. The van der Waals surface area contributed by atoms with Crippen molar-refractivity contribution in [1.82, 2.24) is 14.6 Å². The number of aromatic nitrogens is 1. The Kier molecular flexibility index (Phi) is 5.88. The molecule has 0 atom stereocenters. The molecule has 1 heterocycles. The molecule has 0 saturated carbocycles. The summed E-state index contributed by atoms with van der Waals surface area (Å²) in [6, 6.07) is 6.98. The number of fused-ring (bicyclic) bond motifs is 1. The van der Waals surface area contributed by atoms with Gasteiger partial charge in [0.2, 0.25) is 10.0 Å². The van der Waals surface area contributed by atoms with E-state index in [0.29, 0.717) is 16.8 Å². The fourth-order valence-electron chi connectivity index (χ4n) is 2.45. The van der Waals surface area contributed by atoms with Gasteiger partial charge < -0.3 is 4.90 Å². The molecule has 0 amide bonds. The molecule has 0 bridgehead atoms. The van der Waals surface area contributed by atoms with Crippen LogP contribution in [0.4, 0.5) is 0 Å². The van der Waals surface area contributed by atoms with Crippen molar-refractivity contribution >= 4 is 20.8 Å². The van der Waals surface area contributed by atoms with Crippen LogP contribution in [0.5, 0.6) is 0 Å². The minimum absolute atomic E-state index is 0.315. The Morgan fingerprint density at radius 1 is 1.18 bits per heavy atom. The molecule has 0 fully saturated rings. The van der Waals surface area contributed by atoms with Crippen LogP contribution >= 0.6 is 0 Å². The molecule has 0 unspecified atom stereocenters. The zero-order chi connectivity index (χ0) is 16.0. The van der Waals surface area contributed by atoms with E-state index in [1.54, 1.807) is 30.6 Å². The van der Waals surface area contributed by atoms with Crippen LogP contribution < -0.4 is 4.72 Å². The maximum atomic E-state index is 12.5. The van der Waals surface area contributed by atoms with E-state index in [9.17, 15) is 8.42 Å². The number of hydrogen-bond acceptors (Lipinski definition) is 4. The molecule has 120 valence electrons. The van der Waals surface area contributed by atoms with Gasteiger partial charge in [0, 0.05) is 29.7 Å². The first-order valence-electron chi connectivity index (χ1n) is 7.63. The van der Waals surface area contributed by atoms with E-state index >= 15 is 0 Å². The lowest BCUT2D eigenvalue weighted by Crippen LogP contribution is -2.30. The first kappa shape index (κ1) is 16.9. The van der Waals surface area contributed by atoms with Crippen LogP contribution in [0.3, 0.4) is 0 Å². The first-order valence-corrected chi connectivity index (χ1v) is 9.11. The second kappa shape index (κ2) is 7.67. The fourth-order valence-corrected chi connectivity index (χ4v) is 3.76. The van der Waals surface area contributed by atoms with E-state index in [2.05, 4.69) is 28.5 Å². The van der Waals surface area contributed by atoms with E-state index in [1.165, 1.54) is 0 Å². The molecule has 1 aromatic carbocycles. The van der Waals surface area contributed by atoms with Gasteiger partial charge in [0.15, 0.2) is 0 Å². The molecule has 22 heavy (non-hydrogen) atoms. The van der Waals surface area contributed by atoms with Gasteiger partial charge in [0.05, 0.1) is 4.90 Å². The summed E-state index contributed by atoms with van der Waals surface area (Å²) in [4.78, 5) is 6.62. The zero-order valence-corrected chi connectivity index (χ0v) is 13.9. The molecular weight excluding hydrogens is 298 g/mol. The van der Waals surface area contributed by atoms with Gasteiger partial charge in [0.1, 0.15) is 0 Å². The van der Waals surface area contributed by atoms with Gasteiger partial charge in [-0.3, -0.25) is 4.98 Å². The van der Waals surface area contributed by atoms with Gasteiger partial charge in [-0.15, -0.1) is 0 Å². The first-order chi connectivity index (χ1) is 10.6. The lowest BCUT2D eigenvalue weighted by atomic mass is 10.2. The lowest BCUT2D eigenvalue weighted by molar-refractivity contribution is 0.300. The molecule has 5 nitrogen and oxygen atoms in total. The highest BCUT2D eigenvalue weighted by Crippen LogP contribution is 2.21. The molecular formula is C16H23N3O2S. The van der Waals surface area contributed by atoms with E-state index in [0.717, 1.165) is 31.4 Å². The van der Waals surface area contributed by atoms with Crippen molar-refractivity contribution in [3.63, 3.8) is 0 Å². The maximum absolute atomic E-state index is 12.5. The Hall–Kier alpha value is -1.50. The van der Waals surface area contributed by atoms with Crippen LogP contribution in [-0.4, -0.2) is 44.5 Å². The van der Waals surface area contributed by atoms with E-state index < -0.39 is 10.0 Å². The average Bonchev–Trinajstić information content (AvgIpc) is 2.54. The predicted octanol–water partition coefficient (Wildman–Crippen LogP) is 2.25.